The van der Waals surface area contributed by atoms with Crippen molar-refractivity contribution in [2.75, 3.05) is 0 Å². The molecule has 0 heterocycles. The summed E-state index contributed by atoms with van der Waals surface area (Å²) in [5, 5.41) is 0.589. The van der Waals surface area contributed by atoms with Crippen molar-refractivity contribution in [2.45, 2.75) is 6.92 Å². The Hall–Kier alpha value is -1.47. The molecular weight excluding hydrogens is 208 g/mol. The van der Waals surface area contributed by atoms with E-state index in [-0.39, 0.29) is 0 Å². The summed E-state index contributed by atoms with van der Waals surface area (Å²) in [4.78, 5) is 0. The van der Waals surface area contributed by atoms with Crippen LogP contribution >= 0.6 is 11.6 Å². The fourth-order valence-corrected chi connectivity index (χ4v) is 1.32. The molecule has 2 heteroatoms. The summed E-state index contributed by atoms with van der Waals surface area (Å²) in [6.07, 6.45) is 0. The topological polar surface area (TPSA) is 9.23 Å². The lowest BCUT2D eigenvalue weighted by molar-refractivity contribution is 0.482. The van der Waals surface area contributed by atoms with Crippen LogP contribution in [0.4, 0.5) is 0 Å². The second-order valence-corrected chi connectivity index (χ2v) is 3.69. The zero-order valence-electron chi connectivity index (χ0n) is 8.33. The molecule has 0 aliphatic rings. The number of aryl methyl sites for hydroxylation is 1. The van der Waals surface area contributed by atoms with Crippen molar-refractivity contribution in [3.63, 3.8) is 0 Å². The van der Waals surface area contributed by atoms with Gasteiger partial charge in [-0.15, -0.1) is 0 Å². The van der Waals surface area contributed by atoms with E-state index in [0.717, 1.165) is 11.5 Å². The Kier molecular flexibility index (Phi) is 2.93. The molecule has 0 saturated carbocycles. The van der Waals surface area contributed by atoms with E-state index in [4.69, 9.17) is 16.3 Å². The van der Waals surface area contributed by atoms with Crippen molar-refractivity contribution < 1.29 is 4.74 Å². The Labute approximate surface area is 94.3 Å². The van der Waals surface area contributed by atoms with Crippen molar-refractivity contribution in [3.8, 4) is 11.5 Å². The quantitative estimate of drug-likeness (QED) is 0.731. The molecule has 0 atom stereocenters. The lowest BCUT2D eigenvalue weighted by Gasteiger charge is -2.05. The summed E-state index contributed by atoms with van der Waals surface area (Å²) in [7, 11) is 0. The zero-order valence-corrected chi connectivity index (χ0v) is 9.08. The molecule has 0 saturated heterocycles. The van der Waals surface area contributed by atoms with Crippen molar-refractivity contribution in [3.05, 3.63) is 59.1 Å². The van der Waals surface area contributed by atoms with Crippen LogP contribution in [0.5, 0.6) is 11.5 Å². The Morgan fingerprint density at radius 2 is 1.67 bits per heavy atom. The van der Waals surface area contributed by atoms with Gasteiger partial charge in [0.25, 0.3) is 0 Å². The molecule has 0 unspecified atom stereocenters. The van der Waals surface area contributed by atoms with E-state index < -0.39 is 0 Å². The third kappa shape index (κ3) is 2.74. The molecule has 0 amide bonds. The molecule has 0 spiro atoms. The molecular formula is C13H10ClO. The van der Waals surface area contributed by atoms with E-state index >= 15 is 0 Å². The highest BCUT2D eigenvalue weighted by atomic mass is 35.5. The van der Waals surface area contributed by atoms with E-state index in [0.29, 0.717) is 5.02 Å². The maximum Gasteiger partial charge on any atom is 0.128 e. The van der Waals surface area contributed by atoms with E-state index in [1.165, 1.54) is 5.56 Å². The lowest BCUT2D eigenvalue weighted by atomic mass is 10.2. The second-order valence-electron chi connectivity index (χ2n) is 3.29. The summed E-state index contributed by atoms with van der Waals surface area (Å²) in [6.45, 7) is 2.04. The first-order valence-electron chi connectivity index (χ1n) is 4.66. The first kappa shape index (κ1) is 10.1. The molecule has 2 aromatic rings. The number of hydrogen-bond acceptors (Lipinski definition) is 1. The highest BCUT2D eigenvalue weighted by molar-refractivity contribution is 6.30. The Morgan fingerprint density at radius 1 is 1.00 bits per heavy atom. The van der Waals surface area contributed by atoms with Gasteiger partial charge in [0.1, 0.15) is 11.5 Å². The highest BCUT2D eigenvalue weighted by Crippen LogP contribution is 2.22. The minimum absolute atomic E-state index is 0.589. The first-order chi connectivity index (χ1) is 7.24. The largest absolute Gasteiger partial charge is 0.457 e. The average Bonchev–Trinajstić information content (AvgIpc) is 2.25. The Balaban J connectivity index is 2.15. The summed E-state index contributed by atoms with van der Waals surface area (Å²) in [6, 6.07) is 16.1. The highest BCUT2D eigenvalue weighted by Gasteiger charge is 1.96. The summed E-state index contributed by atoms with van der Waals surface area (Å²) in [5.74, 6) is 1.56. The average molecular weight is 218 g/mol. The predicted molar refractivity (Wildman–Crippen MR) is 61.5 cm³/mol. The monoisotopic (exact) mass is 217 g/mol. The zero-order chi connectivity index (χ0) is 10.7. The SMILES string of the molecule is Cc1ccc(Oc2c[c]c(Cl)cc2)cc1. The molecule has 1 nitrogen and oxygen atoms in total. The summed E-state index contributed by atoms with van der Waals surface area (Å²) in [5.41, 5.74) is 1.21. The van der Waals surface area contributed by atoms with Gasteiger partial charge >= 0.3 is 0 Å². The molecule has 0 aliphatic carbocycles. The van der Waals surface area contributed by atoms with Gasteiger partial charge in [0.05, 0.1) is 0 Å². The van der Waals surface area contributed by atoms with Gasteiger partial charge in [0, 0.05) is 11.1 Å². The van der Waals surface area contributed by atoms with Gasteiger partial charge < -0.3 is 4.74 Å². The van der Waals surface area contributed by atoms with Gasteiger partial charge in [-0.2, -0.15) is 0 Å². The second kappa shape index (κ2) is 4.37. The van der Waals surface area contributed by atoms with E-state index in [9.17, 15) is 0 Å². The molecule has 0 aliphatic heterocycles. The van der Waals surface area contributed by atoms with Crippen LogP contribution in [-0.2, 0) is 0 Å². The Bertz CT molecular complexity index is 388. The molecule has 0 fully saturated rings. The molecule has 15 heavy (non-hydrogen) atoms. The van der Waals surface area contributed by atoms with Crippen LogP contribution in [0, 0.1) is 13.0 Å². The molecule has 2 aromatic carbocycles. The van der Waals surface area contributed by atoms with E-state index in [1.807, 2.05) is 37.3 Å². The van der Waals surface area contributed by atoms with E-state index in [2.05, 4.69) is 6.07 Å². The molecule has 75 valence electrons. The number of hydrogen-bond donors (Lipinski definition) is 0. The van der Waals surface area contributed by atoms with Crippen LogP contribution < -0.4 is 4.74 Å². The minimum Gasteiger partial charge on any atom is -0.457 e. The standard InChI is InChI=1S/C13H10ClO/c1-10-2-6-12(7-3-10)15-13-8-4-11(14)5-9-13/h2-4,6-9H,1H3. The van der Waals surface area contributed by atoms with Gasteiger partial charge in [-0.3, -0.25) is 0 Å². The van der Waals surface area contributed by atoms with Crippen molar-refractivity contribution >= 4 is 11.6 Å². The van der Waals surface area contributed by atoms with Crippen LogP contribution in [0.2, 0.25) is 5.02 Å². The smallest absolute Gasteiger partial charge is 0.128 e. The van der Waals surface area contributed by atoms with Crippen LogP contribution in [0.3, 0.4) is 0 Å². The molecule has 0 aromatic heterocycles. The summed E-state index contributed by atoms with van der Waals surface area (Å²) < 4.78 is 5.60. The third-order valence-corrected chi connectivity index (χ3v) is 2.24. The van der Waals surface area contributed by atoms with Gasteiger partial charge in [-0.1, -0.05) is 29.3 Å². The molecule has 0 bridgehead atoms. The van der Waals surface area contributed by atoms with Crippen molar-refractivity contribution in [1.29, 1.82) is 0 Å². The molecule has 2 rings (SSSR count). The van der Waals surface area contributed by atoms with Crippen LogP contribution in [0.15, 0.2) is 42.5 Å². The van der Waals surface area contributed by atoms with Crippen LogP contribution in [-0.4, -0.2) is 0 Å². The number of benzene rings is 2. The van der Waals surface area contributed by atoms with Gasteiger partial charge in [-0.05, 0) is 37.3 Å². The molecule has 1 radical (unpaired) electrons. The van der Waals surface area contributed by atoms with Gasteiger partial charge in [0.2, 0.25) is 0 Å². The number of ether oxygens (including phenoxy) is 1. The minimum atomic E-state index is 0.589. The third-order valence-electron chi connectivity index (χ3n) is 2.00. The maximum absolute atomic E-state index is 5.72. The van der Waals surface area contributed by atoms with Gasteiger partial charge in [0.15, 0.2) is 0 Å². The Morgan fingerprint density at radius 3 is 2.27 bits per heavy atom. The van der Waals surface area contributed by atoms with Crippen molar-refractivity contribution in [1.82, 2.24) is 0 Å². The fourth-order valence-electron chi connectivity index (χ4n) is 1.20. The number of rotatable bonds is 2. The fraction of sp³-hybridized carbons (Fsp3) is 0.0769. The van der Waals surface area contributed by atoms with Crippen LogP contribution in [0.25, 0.3) is 0 Å². The normalized spacial score (nSPS) is 10.0. The number of halogens is 1. The lowest BCUT2D eigenvalue weighted by Crippen LogP contribution is -1.83. The van der Waals surface area contributed by atoms with Gasteiger partial charge in [-0.25, -0.2) is 0 Å². The predicted octanol–water partition coefficient (Wildman–Crippen LogP) is 4.24. The molecule has 0 N–H and O–H groups in total. The van der Waals surface area contributed by atoms with E-state index in [1.54, 1.807) is 12.1 Å². The first-order valence-corrected chi connectivity index (χ1v) is 5.03. The summed E-state index contributed by atoms with van der Waals surface area (Å²) >= 11 is 5.72. The van der Waals surface area contributed by atoms with Crippen LogP contribution in [0.1, 0.15) is 5.56 Å². The maximum atomic E-state index is 5.72. The van der Waals surface area contributed by atoms with Crippen molar-refractivity contribution in [2.24, 2.45) is 0 Å².